The quantitative estimate of drug-likeness (QED) is 0.541. The number of carbonyl (C=O) groups is 3. The molecule has 0 aliphatic carbocycles. The normalized spacial score (nSPS) is 22.5. The molecule has 1 atom stereocenters. The minimum Gasteiger partial charge on any atom is -0.383 e. The molecule has 0 saturated carbocycles. The van der Waals surface area contributed by atoms with Crippen LogP contribution in [-0.4, -0.2) is 66.1 Å². The van der Waals surface area contributed by atoms with Crippen LogP contribution in [0.3, 0.4) is 0 Å². The lowest BCUT2D eigenvalue weighted by Crippen LogP contribution is -2.52. The third kappa shape index (κ3) is 3.88. The van der Waals surface area contributed by atoms with Crippen LogP contribution in [0, 0.1) is 0 Å². The van der Waals surface area contributed by atoms with Crippen LogP contribution in [0.15, 0.2) is 42.7 Å². The van der Waals surface area contributed by atoms with Crippen LogP contribution in [0.2, 0.25) is 0 Å². The number of amides is 3. The molecule has 0 radical (unpaired) electrons. The largest absolute Gasteiger partial charge is 0.383 e. The Kier molecular flexibility index (Phi) is 5.15. The summed E-state index contributed by atoms with van der Waals surface area (Å²) >= 11 is 0. The van der Waals surface area contributed by atoms with Gasteiger partial charge in [-0.15, -0.1) is 0 Å². The van der Waals surface area contributed by atoms with E-state index in [2.05, 4.69) is 20.2 Å². The molecule has 1 unspecified atom stereocenters. The molecule has 3 amide bonds. The Morgan fingerprint density at radius 2 is 1.91 bits per heavy atom. The van der Waals surface area contributed by atoms with Crippen molar-refractivity contribution >= 4 is 23.4 Å². The van der Waals surface area contributed by atoms with Gasteiger partial charge in [0.25, 0.3) is 5.91 Å². The lowest BCUT2D eigenvalue weighted by atomic mass is 9.87. The van der Waals surface area contributed by atoms with Crippen molar-refractivity contribution in [3.05, 3.63) is 65.4 Å². The Hall–Kier alpha value is -3.63. The molecular formula is C25H26N6O4. The third-order valence-corrected chi connectivity index (χ3v) is 7.33. The number of hydrogen-bond acceptors (Lipinski definition) is 7. The molecule has 10 nitrogen and oxygen atoms in total. The van der Waals surface area contributed by atoms with Gasteiger partial charge in [0.1, 0.15) is 17.3 Å². The molecule has 2 N–H and O–H groups in total. The van der Waals surface area contributed by atoms with Crippen molar-refractivity contribution in [2.75, 3.05) is 13.1 Å². The second-order valence-electron chi connectivity index (χ2n) is 9.60. The van der Waals surface area contributed by atoms with E-state index in [1.54, 1.807) is 12.1 Å². The summed E-state index contributed by atoms with van der Waals surface area (Å²) in [4.78, 5) is 49.8. The molecule has 2 saturated heterocycles. The number of fused-ring (bicyclic) bond motifs is 2. The molecule has 6 heterocycles. The van der Waals surface area contributed by atoms with Gasteiger partial charge in [-0.1, -0.05) is 6.07 Å². The van der Waals surface area contributed by atoms with Crippen molar-refractivity contribution < 1.29 is 19.5 Å². The molecule has 0 spiro atoms. The Morgan fingerprint density at radius 1 is 1.09 bits per heavy atom. The van der Waals surface area contributed by atoms with Crippen molar-refractivity contribution in [1.29, 1.82) is 0 Å². The lowest BCUT2D eigenvalue weighted by molar-refractivity contribution is -0.136. The molecule has 180 valence electrons. The predicted molar refractivity (Wildman–Crippen MR) is 124 cm³/mol. The molecule has 10 heteroatoms. The van der Waals surface area contributed by atoms with E-state index in [9.17, 15) is 19.5 Å². The average Bonchev–Trinajstić information content (AvgIpc) is 3.41. The van der Waals surface area contributed by atoms with Crippen LogP contribution in [0.1, 0.15) is 53.1 Å². The van der Waals surface area contributed by atoms with E-state index >= 15 is 0 Å². The molecule has 3 aromatic heterocycles. The first-order chi connectivity index (χ1) is 16.9. The molecule has 6 rings (SSSR count). The highest BCUT2D eigenvalue weighted by Gasteiger charge is 2.41. The summed E-state index contributed by atoms with van der Waals surface area (Å²) in [7, 11) is 0. The molecule has 3 aliphatic heterocycles. The molecule has 35 heavy (non-hydrogen) atoms. The Bertz CT molecular complexity index is 1310. The monoisotopic (exact) mass is 474 g/mol. The van der Waals surface area contributed by atoms with Gasteiger partial charge in [-0.2, -0.15) is 0 Å². The number of imide groups is 1. The molecule has 0 aromatic carbocycles. The number of nitrogens with one attached hydrogen (secondary N) is 1. The van der Waals surface area contributed by atoms with E-state index in [1.807, 2.05) is 35.0 Å². The van der Waals surface area contributed by atoms with Crippen molar-refractivity contribution in [2.45, 2.75) is 50.4 Å². The maximum Gasteiger partial charge on any atom is 0.256 e. The molecule has 3 aliphatic rings. The average molecular weight is 475 g/mol. The first-order valence-electron chi connectivity index (χ1n) is 11.9. The van der Waals surface area contributed by atoms with E-state index in [0.717, 1.165) is 11.3 Å². The number of aliphatic hydroxyl groups is 1. The minimum absolute atomic E-state index is 0.199. The number of imidazole rings is 1. The van der Waals surface area contributed by atoms with Gasteiger partial charge in [0, 0.05) is 38.4 Å². The molecule has 2 fully saturated rings. The zero-order chi connectivity index (χ0) is 24.2. The van der Waals surface area contributed by atoms with Gasteiger partial charge in [0.15, 0.2) is 0 Å². The summed E-state index contributed by atoms with van der Waals surface area (Å²) in [5.74, 6) is -1.02. The molecule has 3 aromatic rings. The zero-order valence-corrected chi connectivity index (χ0v) is 19.2. The van der Waals surface area contributed by atoms with Crippen molar-refractivity contribution in [2.24, 2.45) is 0 Å². The van der Waals surface area contributed by atoms with Crippen LogP contribution in [0.5, 0.6) is 0 Å². The highest BCUT2D eigenvalue weighted by molar-refractivity contribution is 6.05. The fourth-order valence-electron chi connectivity index (χ4n) is 5.32. The van der Waals surface area contributed by atoms with Gasteiger partial charge >= 0.3 is 0 Å². The van der Waals surface area contributed by atoms with E-state index in [1.165, 1.54) is 4.90 Å². The molecule has 0 bridgehead atoms. The number of rotatable bonds is 4. The van der Waals surface area contributed by atoms with Crippen molar-refractivity contribution in [3.8, 4) is 0 Å². The van der Waals surface area contributed by atoms with Crippen LogP contribution < -0.4 is 5.32 Å². The number of hydrogen-bond donors (Lipinski definition) is 2. The van der Waals surface area contributed by atoms with Gasteiger partial charge in [-0.05, 0) is 43.5 Å². The smallest absolute Gasteiger partial charge is 0.256 e. The van der Waals surface area contributed by atoms with Crippen LogP contribution >= 0.6 is 0 Å². The zero-order valence-electron chi connectivity index (χ0n) is 19.2. The second-order valence-corrected chi connectivity index (χ2v) is 9.60. The van der Waals surface area contributed by atoms with Crippen LogP contribution in [-0.2, 0) is 28.3 Å². The standard InChI is InChI=1S/C25H26N6O4/c32-22-7-5-19(23(33)28-22)31-15-18-17(24(31)34)4-6-20(27-18)25(35)8-11-29(12-9-25)13-16-14-30-10-2-1-3-21(30)26-16/h1-4,6,10,14,19,35H,5,7-9,11-13,15H2,(H,28,32,33). The van der Waals surface area contributed by atoms with Gasteiger partial charge in [0.2, 0.25) is 11.8 Å². The van der Waals surface area contributed by atoms with Crippen molar-refractivity contribution in [1.82, 2.24) is 29.5 Å². The highest BCUT2D eigenvalue weighted by Crippen LogP contribution is 2.34. The van der Waals surface area contributed by atoms with Gasteiger partial charge in [-0.25, -0.2) is 4.98 Å². The summed E-state index contributed by atoms with van der Waals surface area (Å²) in [5.41, 5.74) is 2.41. The summed E-state index contributed by atoms with van der Waals surface area (Å²) < 4.78 is 2.00. The number of aromatic nitrogens is 3. The second kappa shape index (κ2) is 8.24. The summed E-state index contributed by atoms with van der Waals surface area (Å²) in [5, 5.41) is 13.7. The summed E-state index contributed by atoms with van der Waals surface area (Å²) in [6, 6.07) is 8.66. The predicted octanol–water partition coefficient (Wildman–Crippen LogP) is 0.974. The Balaban J connectivity index is 1.13. The van der Waals surface area contributed by atoms with Crippen molar-refractivity contribution in [3.63, 3.8) is 0 Å². The maximum absolute atomic E-state index is 12.9. The number of nitrogens with zero attached hydrogens (tertiary/aromatic N) is 5. The highest BCUT2D eigenvalue weighted by atomic mass is 16.3. The van der Waals surface area contributed by atoms with Crippen LogP contribution in [0.4, 0.5) is 0 Å². The first-order valence-corrected chi connectivity index (χ1v) is 11.9. The number of piperidine rings is 2. The Labute approximate surface area is 201 Å². The third-order valence-electron chi connectivity index (χ3n) is 7.33. The number of carbonyl (C=O) groups excluding carboxylic acids is 3. The first kappa shape index (κ1) is 21.9. The number of likely N-dealkylation sites (tertiary alicyclic amines) is 1. The summed E-state index contributed by atoms with van der Waals surface area (Å²) in [6.45, 7) is 2.31. The fraction of sp³-hybridized carbons (Fsp3) is 0.400. The van der Waals surface area contributed by atoms with E-state index in [-0.39, 0.29) is 24.8 Å². The van der Waals surface area contributed by atoms with E-state index < -0.39 is 17.6 Å². The van der Waals surface area contributed by atoms with Gasteiger partial charge in [-0.3, -0.25) is 29.6 Å². The van der Waals surface area contributed by atoms with Gasteiger partial charge in [0.05, 0.1) is 29.2 Å². The van der Waals surface area contributed by atoms with Gasteiger partial charge < -0.3 is 14.4 Å². The minimum atomic E-state index is -1.07. The van der Waals surface area contributed by atoms with E-state index in [0.29, 0.717) is 55.8 Å². The molecular weight excluding hydrogens is 448 g/mol. The SMILES string of the molecule is O=C1CCC(N2Cc3nc(C4(O)CCN(Cc5cn6ccccc6n5)CC4)ccc3C2=O)C(=O)N1. The Morgan fingerprint density at radius 3 is 2.69 bits per heavy atom. The topological polar surface area (TPSA) is 120 Å². The van der Waals surface area contributed by atoms with E-state index in [4.69, 9.17) is 0 Å². The maximum atomic E-state index is 12.9. The number of pyridine rings is 2. The lowest BCUT2D eigenvalue weighted by Gasteiger charge is -2.37. The summed E-state index contributed by atoms with van der Waals surface area (Å²) in [6.07, 6.45) is 5.58. The van der Waals surface area contributed by atoms with Crippen LogP contribution in [0.25, 0.3) is 5.65 Å². The fourth-order valence-corrected chi connectivity index (χ4v) is 5.32.